The van der Waals surface area contributed by atoms with Crippen molar-refractivity contribution >= 4 is 11.9 Å². The van der Waals surface area contributed by atoms with Crippen molar-refractivity contribution in [1.82, 2.24) is 5.32 Å². The third-order valence-electron chi connectivity index (χ3n) is 3.48. The lowest BCUT2D eigenvalue weighted by Gasteiger charge is -2.16. The highest BCUT2D eigenvalue weighted by Crippen LogP contribution is 2.13. The van der Waals surface area contributed by atoms with Crippen LogP contribution in [0.5, 0.6) is 0 Å². The zero-order valence-corrected chi connectivity index (χ0v) is 11.2. The van der Waals surface area contributed by atoms with Crippen LogP contribution in [0.1, 0.15) is 18.4 Å². The Balaban J connectivity index is 1.87. The standard InChI is InChI=1S/C15H19NO4/c17-14(12-8-9-20-10-12)16-13(15(18)19)7-6-11-4-2-1-3-5-11/h1-5,12-13H,6-10H2,(H,16,17)(H,18,19)/t12-,13+/m1/s1. The van der Waals surface area contributed by atoms with Crippen LogP contribution in [-0.4, -0.2) is 36.2 Å². The summed E-state index contributed by atoms with van der Waals surface area (Å²) >= 11 is 0. The van der Waals surface area contributed by atoms with Gasteiger partial charge in [0.05, 0.1) is 12.5 Å². The minimum atomic E-state index is -0.992. The number of hydrogen-bond acceptors (Lipinski definition) is 3. The van der Waals surface area contributed by atoms with Crippen LogP contribution < -0.4 is 5.32 Å². The van der Waals surface area contributed by atoms with E-state index in [9.17, 15) is 14.7 Å². The Labute approximate surface area is 117 Å². The predicted octanol–water partition coefficient (Wildman–Crippen LogP) is 1.23. The van der Waals surface area contributed by atoms with Crippen LogP contribution in [-0.2, 0) is 20.7 Å². The lowest BCUT2D eigenvalue weighted by atomic mass is 10.0. The van der Waals surface area contributed by atoms with Crippen molar-refractivity contribution in [2.45, 2.75) is 25.3 Å². The molecule has 2 atom stereocenters. The molecule has 0 saturated carbocycles. The highest BCUT2D eigenvalue weighted by atomic mass is 16.5. The Bertz CT molecular complexity index is 454. The van der Waals surface area contributed by atoms with Gasteiger partial charge in [0, 0.05) is 6.61 Å². The van der Waals surface area contributed by atoms with E-state index in [2.05, 4.69) is 5.32 Å². The lowest BCUT2D eigenvalue weighted by molar-refractivity contribution is -0.142. The highest BCUT2D eigenvalue weighted by molar-refractivity contribution is 5.85. The van der Waals surface area contributed by atoms with Gasteiger partial charge in [-0.2, -0.15) is 0 Å². The smallest absolute Gasteiger partial charge is 0.326 e. The van der Waals surface area contributed by atoms with Gasteiger partial charge >= 0.3 is 5.97 Å². The molecule has 108 valence electrons. The molecular formula is C15H19NO4. The van der Waals surface area contributed by atoms with Crippen molar-refractivity contribution in [2.24, 2.45) is 5.92 Å². The molecule has 2 rings (SSSR count). The number of nitrogens with one attached hydrogen (secondary N) is 1. The van der Waals surface area contributed by atoms with Gasteiger partial charge in [-0.1, -0.05) is 30.3 Å². The first-order valence-electron chi connectivity index (χ1n) is 6.81. The minimum Gasteiger partial charge on any atom is -0.480 e. The van der Waals surface area contributed by atoms with E-state index in [1.54, 1.807) is 0 Å². The lowest BCUT2D eigenvalue weighted by Crippen LogP contribution is -2.44. The Hall–Kier alpha value is -1.88. The highest BCUT2D eigenvalue weighted by Gasteiger charge is 2.27. The molecule has 1 aromatic carbocycles. The summed E-state index contributed by atoms with van der Waals surface area (Å²) in [5, 5.41) is 11.8. The van der Waals surface area contributed by atoms with Crippen LogP contribution in [0, 0.1) is 5.92 Å². The molecular weight excluding hydrogens is 258 g/mol. The molecule has 0 unspecified atom stereocenters. The quantitative estimate of drug-likeness (QED) is 0.820. The molecule has 1 aromatic rings. The molecule has 1 aliphatic rings. The van der Waals surface area contributed by atoms with Crippen LogP contribution in [0.15, 0.2) is 30.3 Å². The SMILES string of the molecule is O=C(N[C@@H](CCc1ccccc1)C(=O)O)[C@@H]1CCOC1. The normalized spacial score (nSPS) is 19.5. The summed E-state index contributed by atoms with van der Waals surface area (Å²) in [6.07, 6.45) is 1.68. The molecule has 1 heterocycles. The van der Waals surface area contributed by atoms with Crippen molar-refractivity contribution in [3.8, 4) is 0 Å². The largest absolute Gasteiger partial charge is 0.480 e. The molecule has 1 amide bonds. The number of amides is 1. The van der Waals surface area contributed by atoms with Crippen molar-refractivity contribution in [3.05, 3.63) is 35.9 Å². The maximum absolute atomic E-state index is 11.9. The zero-order chi connectivity index (χ0) is 14.4. The molecule has 1 fully saturated rings. The fourth-order valence-electron chi connectivity index (χ4n) is 2.24. The second-order valence-corrected chi connectivity index (χ2v) is 4.98. The van der Waals surface area contributed by atoms with Crippen LogP contribution in [0.4, 0.5) is 0 Å². The number of carbonyl (C=O) groups is 2. The van der Waals surface area contributed by atoms with E-state index in [0.717, 1.165) is 5.56 Å². The van der Waals surface area contributed by atoms with E-state index in [-0.39, 0.29) is 11.8 Å². The Morgan fingerprint density at radius 3 is 2.70 bits per heavy atom. The molecule has 5 nitrogen and oxygen atoms in total. The number of carbonyl (C=O) groups excluding carboxylic acids is 1. The monoisotopic (exact) mass is 277 g/mol. The first kappa shape index (κ1) is 14.5. The summed E-state index contributed by atoms with van der Waals surface area (Å²) in [7, 11) is 0. The summed E-state index contributed by atoms with van der Waals surface area (Å²) in [5.74, 6) is -1.43. The fourth-order valence-corrected chi connectivity index (χ4v) is 2.24. The number of aryl methyl sites for hydroxylation is 1. The third kappa shape index (κ3) is 4.06. The van der Waals surface area contributed by atoms with Gasteiger partial charge in [0.1, 0.15) is 6.04 Å². The van der Waals surface area contributed by atoms with E-state index < -0.39 is 12.0 Å². The number of aliphatic carboxylic acids is 1. The van der Waals surface area contributed by atoms with Gasteiger partial charge in [0.2, 0.25) is 5.91 Å². The molecule has 1 aliphatic heterocycles. The molecule has 0 spiro atoms. The maximum Gasteiger partial charge on any atom is 0.326 e. The van der Waals surface area contributed by atoms with Crippen molar-refractivity contribution in [3.63, 3.8) is 0 Å². The van der Waals surface area contributed by atoms with Gasteiger partial charge in [-0.05, 0) is 24.8 Å². The van der Waals surface area contributed by atoms with Crippen LogP contribution in [0.2, 0.25) is 0 Å². The zero-order valence-electron chi connectivity index (χ0n) is 11.2. The molecule has 5 heteroatoms. The van der Waals surface area contributed by atoms with Gasteiger partial charge in [-0.3, -0.25) is 4.79 Å². The van der Waals surface area contributed by atoms with Gasteiger partial charge in [0.25, 0.3) is 0 Å². The van der Waals surface area contributed by atoms with Gasteiger partial charge < -0.3 is 15.2 Å². The fraction of sp³-hybridized carbons (Fsp3) is 0.467. The molecule has 0 radical (unpaired) electrons. The van der Waals surface area contributed by atoms with Crippen LogP contribution >= 0.6 is 0 Å². The number of rotatable bonds is 6. The first-order valence-corrected chi connectivity index (χ1v) is 6.81. The van der Waals surface area contributed by atoms with E-state index >= 15 is 0 Å². The van der Waals surface area contributed by atoms with Gasteiger partial charge in [-0.25, -0.2) is 4.79 Å². The van der Waals surface area contributed by atoms with Gasteiger partial charge in [-0.15, -0.1) is 0 Å². The van der Waals surface area contributed by atoms with E-state index in [1.807, 2.05) is 30.3 Å². The Kier molecular flexibility index (Phi) is 5.12. The molecule has 1 saturated heterocycles. The van der Waals surface area contributed by atoms with Gasteiger partial charge in [0.15, 0.2) is 0 Å². The summed E-state index contributed by atoms with van der Waals surface area (Å²) in [6.45, 7) is 0.955. The average molecular weight is 277 g/mol. The minimum absolute atomic E-state index is 0.214. The van der Waals surface area contributed by atoms with E-state index in [1.165, 1.54) is 0 Å². The number of hydrogen-bond donors (Lipinski definition) is 2. The predicted molar refractivity (Wildman–Crippen MR) is 73.3 cm³/mol. The maximum atomic E-state index is 11.9. The second-order valence-electron chi connectivity index (χ2n) is 4.98. The number of benzene rings is 1. The summed E-state index contributed by atoms with van der Waals surface area (Å²) in [6, 6.07) is 8.80. The first-order chi connectivity index (χ1) is 9.66. The topological polar surface area (TPSA) is 75.6 Å². The van der Waals surface area contributed by atoms with Crippen molar-refractivity contribution < 1.29 is 19.4 Å². The average Bonchev–Trinajstić information content (AvgIpc) is 2.98. The van der Waals surface area contributed by atoms with Crippen LogP contribution in [0.3, 0.4) is 0 Å². The molecule has 0 bridgehead atoms. The number of carboxylic acids is 1. The molecule has 20 heavy (non-hydrogen) atoms. The summed E-state index contributed by atoms with van der Waals surface area (Å²) < 4.78 is 5.14. The molecule has 2 N–H and O–H groups in total. The number of ether oxygens (including phenoxy) is 1. The van der Waals surface area contributed by atoms with Crippen molar-refractivity contribution in [1.29, 1.82) is 0 Å². The second kappa shape index (κ2) is 7.05. The summed E-state index contributed by atoms with van der Waals surface area (Å²) in [4.78, 5) is 23.1. The number of carboxylic acid groups (broad SMARTS) is 1. The third-order valence-corrected chi connectivity index (χ3v) is 3.48. The Morgan fingerprint density at radius 2 is 2.10 bits per heavy atom. The van der Waals surface area contributed by atoms with E-state index in [4.69, 9.17) is 4.74 Å². The summed E-state index contributed by atoms with van der Waals surface area (Å²) in [5.41, 5.74) is 1.07. The molecule has 0 aromatic heterocycles. The van der Waals surface area contributed by atoms with E-state index in [0.29, 0.717) is 32.5 Å². The van der Waals surface area contributed by atoms with Crippen molar-refractivity contribution in [2.75, 3.05) is 13.2 Å². The Morgan fingerprint density at radius 1 is 1.35 bits per heavy atom. The van der Waals surface area contributed by atoms with Crippen LogP contribution in [0.25, 0.3) is 0 Å². The molecule has 0 aliphatic carbocycles.